The molecule has 6 heteroatoms. The second kappa shape index (κ2) is 66.1. The van der Waals surface area contributed by atoms with Crippen LogP contribution < -0.4 is 5.32 Å². The van der Waals surface area contributed by atoms with Crippen molar-refractivity contribution in [1.29, 1.82) is 0 Å². The number of hydrogen-bond donors (Lipinski definition) is 3. The maximum Gasteiger partial charge on any atom is 0.305 e. The molecule has 3 N–H and O–H groups in total. The zero-order chi connectivity index (χ0) is 55.7. The molecule has 0 bridgehead atoms. The normalized spacial score (nSPS) is 12.9. The molecule has 2 unspecified atom stereocenters. The average molecular weight is 1080 g/mol. The number of esters is 1. The van der Waals surface area contributed by atoms with Crippen molar-refractivity contribution in [3.8, 4) is 0 Å². The largest absolute Gasteiger partial charge is 0.466 e. The van der Waals surface area contributed by atoms with Gasteiger partial charge in [-0.15, -0.1) is 0 Å². The number of unbranched alkanes of at least 4 members (excludes halogenated alkanes) is 44. The SMILES string of the molecule is CCCCCC/C=C\C/C=C\CCCCCCCC(=O)OCCCCCCCCCCC/C=C\C/C=C\CCCCCCCCCCCCCC(=O)NC(CO)C(O)/C=C/CCCCCCCCCCCCCCCCC. The Morgan fingerprint density at radius 1 is 0.364 bits per heavy atom. The number of nitrogens with one attached hydrogen (secondary N) is 1. The van der Waals surface area contributed by atoms with Crippen LogP contribution in [0.15, 0.2) is 60.8 Å². The fraction of sp³-hybridized carbons (Fsp3) is 0.831. The van der Waals surface area contributed by atoms with E-state index in [1.807, 2.05) is 6.08 Å². The number of allylic oxidation sites excluding steroid dienone is 9. The van der Waals surface area contributed by atoms with Gasteiger partial charge in [-0.25, -0.2) is 0 Å². The average Bonchev–Trinajstić information content (AvgIpc) is 3.43. The third-order valence-corrected chi connectivity index (χ3v) is 15.5. The molecule has 1 amide bonds. The van der Waals surface area contributed by atoms with Gasteiger partial charge in [0.05, 0.1) is 25.4 Å². The lowest BCUT2D eigenvalue weighted by Crippen LogP contribution is -2.45. The highest BCUT2D eigenvalue weighted by Gasteiger charge is 2.18. The van der Waals surface area contributed by atoms with Gasteiger partial charge in [-0.1, -0.05) is 306 Å². The lowest BCUT2D eigenvalue weighted by molar-refractivity contribution is -0.143. The summed E-state index contributed by atoms with van der Waals surface area (Å²) < 4.78 is 5.48. The van der Waals surface area contributed by atoms with E-state index in [1.165, 1.54) is 270 Å². The number of carbonyl (C=O) groups excluding carboxylic acids is 2. The minimum atomic E-state index is -0.848. The zero-order valence-corrected chi connectivity index (χ0v) is 51.4. The fourth-order valence-corrected chi connectivity index (χ4v) is 10.3. The molecule has 0 radical (unpaired) electrons. The fourth-order valence-electron chi connectivity index (χ4n) is 10.3. The van der Waals surface area contributed by atoms with Gasteiger partial charge in [-0.2, -0.15) is 0 Å². The molecule has 0 fully saturated rings. The van der Waals surface area contributed by atoms with Crippen molar-refractivity contribution in [2.45, 2.75) is 366 Å². The Morgan fingerprint density at radius 2 is 0.649 bits per heavy atom. The van der Waals surface area contributed by atoms with Crippen molar-refractivity contribution in [3.63, 3.8) is 0 Å². The maximum absolute atomic E-state index is 12.5. The molecule has 0 rings (SSSR count). The predicted molar refractivity (Wildman–Crippen MR) is 338 cm³/mol. The summed E-state index contributed by atoms with van der Waals surface area (Å²) in [6.07, 6.45) is 87.1. The molecular weight excluding hydrogens is 947 g/mol. The van der Waals surface area contributed by atoms with Gasteiger partial charge in [0, 0.05) is 12.8 Å². The minimum absolute atomic E-state index is 0.00350. The zero-order valence-electron chi connectivity index (χ0n) is 51.4. The van der Waals surface area contributed by atoms with Crippen LogP contribution in [0.4, 0.5) is 0 Å². The van der Waals surface area contributed by atoms with E-state index >= 15 is 0 Å². The van der Waals surface area contributed by atoms with E-state index in [2.05, 4.69) is 67.8 Å². The molecule has 0 heterocycles. The number of amides is 1. The van der Waals surface area contributed by atoms with Crippen molar-refractivity contribution in [1.82, 2.24) is 5.32 Å². The molecule has 0 aliphatic rings. The molecule has 77 heavy (non-hydrogen) atoms. The van der Waals surface area contributed by atoms with Crippen LogP contribution in [0.1, 0.15) is 354 Å². The van der Waals surface area contributed by atoms with E-state index < -0.39 is 12.1 Å². The molecule has 6 nitrogen and oxygen atoms in total. The van der Waals surface area contributed by atoms with Crippen LogP contribution in [-0.4, -0.2) is 47.4 Å². The molecular formula is C71H131NO5. The van der Waals surface area contributed by atoms with Gasteiger partial charge >= 0.3 is 5.97 Å². The highest BCUT2D eigenvalue weighted by atomic mass is 16.5. The van der Waals surface area contributed by atoms with Gasteiger partial charge in [0.2, 0.25) is 5.91 Å². The molecule has 450 valence electrons. The lowest BCUT2D eigenvalue weighted by Gasteiger charge is -2.20. The van der Waals surface area contributed by atoms with Crippen molar-refractivity contribution in [2.75, 3.05) is 13.2 Å². The van der Waals surface area contributed by atoms with Gasteiger partial charge < -0.3 is 20.3 Å². The van der Waals surface area contributed by atoms with E-state index in [4.69, 9.17) is 4.74 Å². The number of hydrogen-bond acceptors (Lipinski definition) is 5. The smallest absolute Gasteiger partial charge is 0.305 e. The lowest BCUT2D eigenvalue weighted by atomic mass is 10.0. The summed E-state index contributed by atoms with van der Waals surface area (Å²) in [6, 6.07) is -0.632. The topological polar surface area (TPSA) is 95.9 Å². The number of carbonyl (C=O) groups is 2. The van der Waals surface area contributed by atoms with Gasteiger partial charge in [0.25, 0.3) is 0 Å². The molecule has 0 aliphatic heterocycles. The standard InChI is InChI=1S/C71H131NO5/c1-3-5-7-9-11-13-15-17-19-32-35-39-43-47-51-55-59-63-69(74)68(67-73)72-70(75)64-60-56-52-48-44-40-36-33-30-28-26-24-22-21-23-25-27-29-31-34-38-42-46-50-54-58-62-66-77-71(76)65-61-57-53-49-45-41-37-20-18-16-14-12-10-8-6-4-2/h14,16,20-22,25,27,37,59,63,68-69,73-74H,3-13,15,17-19,23-24,26,28-36,38-58,60-62,64-67H2,1-2H3,(H,72,75)/b16-14-,22-21-,27-25-,37-20-,63-59+. The third-order valence-electron chi connectivity index (χ3n) is 15.5. The molecule has 0 aromatic rings. The van der Waals surface area contributed by atoms with Crippen molar-refractivity contribution in [2.24, 2.45) is 0 Å². The summed E-state index contributed by atoms with van der Waals surface area (Å²) in [5, 5.41) is 23.2. The predicted octanol–water partition coefficient (Wildman–Crippen LogP) is 21.9. The molecule has 0 aliphatic carbocycles. The van der Waals surface area contributed by atoms with Crippen LogP contribution >= 0.6 is 0 Å². The van der Waals surface area contributed by atoms with Crippen LogP contribution in [-0.2, 0) is 14.3 Å². The second-order valence-corrected chi connectivity index (χ2v) is 23.1. The van der Waals surface area contributed by atoms with Gasteiger partial charge in [-0.3, -0.25) is 9.59 Å². The number of aliphatic hydroxyl groups excluding tert-OH is 2. The van der Waals surface area contributed by atoms with Crippen molar-refractivity contribution < 1.29 is 24.5 Å². The first kappa shape index (κ1) is 74.6. The van der Waals surface area contributed by atoms with E-state index in [1.54, 1.807) is 6.08 Å². The van der Waals surface area contributed by atoms with Gasteiger partial charge in [0.15, 0.2) is 0 Å². The number of rotatable bonds is 63. The van der Waals surface area contributed by atoms with Crippen molar-refractivity contribution in [3.05, 3.63) is 60.8 Å². The Balaban J connectivity index is 3.45. The first-order valence-electron chi connectivity index (χ1n) is 34.1. The monoisotopic (exact) mass is 1080 g/mol. The molecule has 2 atom stereocenters. The van der Waals surface area contributed by atoms with E-state index in [-0.39, 0.29) is 18.5 Å². The molecule has 0 spiro atoms. The summed E-state index contributed by atoms with van der Waals surface area (Å²) in [5.41, 5.74) is 0. The minimum Gasteiger partial charge on any atom is -0.466 e. The molecule has 0 aromatic carbocycles. The van der Waals surface area contributed by atoms with E-state index in [9.17, 15) is 19.8 Å². The number of aliphatic hydroxyl groups is 2. The molecule has 0 aromatic heterocycles. The second-order valence-electron chi connectivity index (χ2n) is 23.1. The summed E-state index contributed by atoms with van der Waals surface area (Å²) >= 11 is 0. The summed E-state index contributed by atoms with van der Waals surface area (Å²) in [5.74, 6) is -0.0733. The summed E-state index contributed by atoms with van der Waals surface area (Å²) in [7, 11) is 0. The van der Waals surface area contributed by atoms with Crippen LogP contribution in [0.3, 0.4) is 0 Å². The van der Waals surface area contributed by atoms with Crippen LogP contribution in [0, 0.1) is 0 Å². The quantitative estimate of drug-likeness (QED) is 0.0320. The Bertz CT molecular complexity index is 1340. The van der Waals surface area contributed by atoms with E-state index in [0.717, 1.165) is 57.8 Å². The van der Waals surface area contributed by atoms with Crippen molar-refractivity contribution >= 4 is 11.9 Å². The third kappa shape index (κ3) is 62.6. The van der Waals surface area contributed by atoms with E-state index in [0.29, 0.717) is 19.4 Å². The first-order chi connectivity index (χ1) is 38.0. The molecule has 0 saturated carbocycles. The Kier molecular flexibility index (Phi) is 64.0. The summed E-state index contributed by atoms with van der Waals surface area (Å²) in [6.45, 7) is 4.89. The Morgan fingerprint density at radius 3 is 1.00 bits per heavy atom. The van der Waals surface area contributed by atoms with Gasteiger partial charge in [-0.05, 0) is 96.3 Å². The highest BCUT2D eigenvalue weighted by molar-refractivity contribution is 5.76. The van der Waals surface area contributed by atoms with Crippen LogP contribution in [0.25, 0.3) is 0 Å². The number of ether oxygens (including phenoxy) is 1. The van der Waals surface area contributed by atoms with Crippen LogP contribution in [0.5, 0.6) is 0 Å². The van der Waals surface area contributed by atoms with Crippen LogP contribution in [0.2, 0.25) is 0 Å². The Hall–Kier alpha value is -2.44. The maximum atomic E-state index is 12.5. The highest BCUT2D eigenvalue weighted by Crippen LogP contribution is 2.17. The van der Waals surface area contributed by atoms with Gasteiger partial charge in [0.1, 0.15) is 0 Å². The summed E-state index contributed by atoms with van der Waals surface area (Å²) in [4.78, 5) is 24.6. The molecule has 0 saturated heterocycles. The Labute approximate surface area is 479 Å². The first-order valence-corrected chi connectivity index (χ1v) is 34.1.